The first-order valence-corrected chi connectivity index (χ1v) is 7.25. The Labute approximate surface area is 97.3 Å². The van der Waals surface area contributed by atoms with Crippen molar-refractivity contribution in [2.24, 2.45) is 10.9 Å². The molecule has 0 amide bonds. The van der Waals surface area contributed by atoms with Gasteiger partial charge in [0, 0.05) is 11.8 Å². The summed E-state index contributed by atoms with van der Waals surface area (Å²) in [4.78, 5) is 4.88. The van der Waals surface area contributed by atoms with Crippen molar-refractivity contribution in [1.82, 2.24) is 5.32 Å². The Hall–Kier alpha value is -0.180. The number of hydrogen-bond donors (Lipinski definition) is 1. The van der Waals surface area contributed by atoms with E-state index in [0.717, 1.165) is 5.92 Å². The number of amidine groups is 1. The van der Waals surface area contributed by atoms with Crippen LogP contribution in [0.4, 0.5) is 0 Å². The van der Waals surface area contributed by atoms with E-state index in [1.54, 1.807) is 0 Å². The molecule has 1 aliphatic heterocycles. The fourth-order valence-electron chi connectivity index (χ4n) is 2.44. The Bertz CT molecular complexity index is 240. The van der Waals surface area contributed by atoms with Crippen LogP contribution >= 0.6 is 11.8 Å². The first-order valence-electron chi connectivity index (χ1n) is 6.26. The van der Waals surface area contributed by atoms with Crippen LogP contribution in [0.5, 0.6) is 0 Å². The van der Waals surface area contributed by atoms with E-state index in [1.807, 2.05) is 11.8 Å². The number of nitrogens with zero attached hydrogens (tertiary/aromatic N) is 1. The van der Waals surface area contributed by atoms with E-state index in [9.17, 15) is 0 Å². The lowest BCUT2D eigenvalue weighted by Crippen LogP contribution is -2.38. The van der Waals surface area contributed by atoms with Gasteiger partial charge >= 0.3 is 0 Å². The van der Waals surface area contributed by atoms with Crippen LogP contribution in [0.2, 0.25) is 0 Å². The normalized spacial score (nSPS) is 39.3. The monoisotopic (exact) mass is 226 g/mol. The molecule has 3 unspecified atom stereocenters. The Morgan fingerprint density at radius 1 is 1.40 bits per heavy atom. The summed E-state index contributed by atoms with van der Waals surface area (Å²) in [6.07, 6.45) is 6.54. The Kier molecular flexibility index (Phi) is 3.95. The maximum atomic E-state index is 4.88. The highest BCUT2D eigenvalue weighted by Gasteiger charge is 2.24. The van der Waals surface area contributed by atoms with Crippen molar-refractivity contribution >= 4 is 16.9 Å². The zero-order valence-electron chi connectivity index (χ0n) is 9.83. The molecule has 0 bridgehead atoms. The summed E-state index contributed by atoms with van der Waals surface area (Å²) in [5.41, 5.74) is 0. The van der Waals surface area contributed by atoms with Gasteiger partial charge in [0.15, 0.2) is 5.17 Å². The smallest absolute Gasteiger partial charge is 0.157 e. The van der Waals surface area contributed by atoms with Crippen LogP contribution in [-0.4, -0.2) is 23.0 Å². The quantitative estimate of drug-likeness (QED) is 0.782. The van der Waals surface area contributed by atoms with Gasteiger partial charge in [0.25, 0.3) is 0 Å². The molecule has 2 rings (SSSR count). The second kappa shape index (κ2) is 5.24. The fourth-order valence-corrected chi connectivity index (χ4v) is 3.49. The van der Waals surface area contributed by atoms with Crippen LogP contribution in [0.3, 0.4) is 0 Å². The van der Waals surface area contributed by atoms with E-state index < -0.39 is 0 Å². The second-order valence-corrected chi connectivity index (χ2v) is 5.88. The third-order valence-electron chi connectivity index (χ3n) is 3.62. The van der Waals surface area contributed by atoms with Gasteiger partial charge in [-0.3, -0.25) is 4.99 Å². The molecule has 1 heterocycles. The molecule has 2 aliphatic rings. The van der Waals surface area contributed by atoms with Crippen LogP contribution in [0.25, 0.3) is 0 Å². The molecule has 2 nitrogen and oxygen atoms in total. The van der Waals surface area contributed by atoms with Crippen molar-refractivity contribution in [2.75, 3.05) is 5.75 Å². The van der Waals surface area contributed by atoms with Gasteiger partial charge in [0.2, 0.25) is 0 Å². The standard InChI is InChI=1S/C12H22N2S/c1-3-10-7-8-15-12(13-10)14-11-6-4-5-9(11)2/h9-11H,3-8H2,1-2H3,(H,13,14). The van der Waals surface area contributed by atoms with E-state index in [4.69, 9.17) is 4.99 Å². The summed E-state index contributed by atoms with van der Waals surface area (Å²) in [6, 6.07) is 1.26. The first kappa shape index (κ1) is 11.3. The lowest BCUT2D eigenvalue weighted by atomic mass is 10.1. The Morgan fingerprint density at radius 3 is 2.93 bits per heavy atom. The molecule has 1 saturated carbocycles. The highest BCUT2D eigenvalue weighted by Crippen LogP contribution is 2.29. The van der Waals surface area contributed by atoms with E-state index in [0.29, 0.717) is 12.1 Å². The molecule has 0 radical (unpaired) electrons. The minimum atomic E-state index is 0.593. The van der Waals surface area contributed by atoms with Gasteiger partial charge < -0.3 is 5.32 Å². The minimum Gasteiger partial charge on any atom is -0.362 e. The van der Waals surface area contributed by atoms with Crippen LogP contribution in [0, 0.1) is 5.92 Å². The second-order valence-electron chi connectivity index (χ2n) is 4.80. The number of rotatable bonds is 2. The minimum absolute atomic E-state index is 0.593. The molecule has 1 aliphatic carbocycles. The molecule has 1 saturated heterocycles. The van der Waals surface area contributed by atoms with Crippen LogP contribution < -0.4 is 5.32 Å². The highest BCUT2D eigenvalue weighted by atomic mass is 32.2. The molecule has 3 heteroatoms. The van der Waals surface area contributed by atoms with Gasteiger partial charge in [-0.25, -0.2) is 0 Å². The number of aliphatic imine (C=N–C) groups is 1. The predicted octanol–water partition coefficient (Wildman–Crippen LogP) is 3.04. The van der Waals surface area contributed by atoms with Gasteiger partial charge in [-0.05, 0) is 31.6 Å². The molecule has 0 aromatic rings. The first-order chi connectivity index (χ1) is 7.29. The number of nitrogens with one attached hydrogen (secondary N) is 1. The van der Waals surface area contributed by atoms with Crippen LogP contribution in [-0.2, 0) is 0 Å². The van der Waals surface area contributed by atoms with Crippen LogP contribution in [0.1, 0.15) is 46.0 Å². The maximum absolute atomic E-state index is 4.88. The summed E-state index contributed by atoms with van der Waals surface area (Å²) >= 11 is 1.91. The van der Waals surface area contributed by atoms with Gasteiger partial charge in [0.05, 0.1) is 6.04 Å². The van der Waals surface area contributed by atoms with Gasteiger partial charge in [-0.1, -0.05) is 32.0 Å². The molecular weight excluding hydrogens is 204 g/mol. The average Bonchev–Trinajstić information content (AvgIpc) is 2.65. The predicted molar refractivity (Wildman–Crippen MR) is 68.5 cm³/mol. The van der Waals surface area contributed by atoms with Crippen molar-refractivity contribution in [3.8, 4) is 0 Å². The Balaban J connectivity index is 1.93. The fraction of sp³-hybridized carbons (Fsp3) is 0.917. The summed E-state index contributed by atoms with van der Waals surface area (Å²) < 4.78 is 0. The summed E-state index contributed by atoms with van der Waals surface area (Å²) in [5.74, 6) is 2.03. The van der Waals surface area contributed by atoms with Crippen molar-refractivity contribution in [2.45, 2.75) is 58.0 Å². The summed E-state index contributed by atoms with van der Waals surface area (Å²) in [6.45, 7) is 4.59. The molecule has 1 N–H and O–H groups in total. The van der Waals surface area contributed by atoms with Crippen molar-refractivity contribution in [1.29, 1.82) is 0 Å². The van der Waals surface area contributed by atoms with E-state index >= 15 is 0 Å². The summed E-state index contributed by atoms with van der Waals surface area (Å²) in [7, 11) is 0. The summed E-state index contributed by atoms with van der Waals surface area (Å²) in [5, 5.41) is 4.78. The molecular formula is C12H22N2S. The third kappa shape index (κ3) is 2.90. The molecule has 86 valence electrons. The van der Waals surface area contributed by atoms with Gasteiger partial charge in [-0.15, -0.1) is 0 Å². The van der Waals surface area contributed by atoms with E-state index in [-0.39, 0.29) is 0 Å². The SMILES string of the molecule is CCC1CCSC(=NC2CCCC2C)N1. The lowest BCUT2D eigenvalue weighted by molar-refractivity contribution is 0.521. The maximum Gasteiger partial charge on any atom is 0.157 e. The molecule has 0 aromatic carbocycles. The van der Waals surface area contributed by atoms with Gasteiger partial charge in [0.1, 0.15) is 0 Å². The van der Waals surface area contributed by atoms with Crippen LogP contribution in [0.15, 0.2) is 4.99 Å². The number of hydrogen-bond acceptors (Lipinski definition) is 2. The lowest BCUT2D eigenvalue weighted by Gasteiger charge is -2.25. The van der Waals surface area contributed by atoms with E-state index in [2.05, 4.69) is 19.2 Å². The molecule has 0 aromatic heterocycles. The largest absolute Gasteiger partial charge is 0.362 e. The Morgan fingerprint density at radius 2 is 2.27 bits per heavy atom. The molecule has 15 heavy (non-hydrogen) atoms. The number of thioether (sulfide) groups is 1. The van der Waals surface area contributed by atoms with Crippen molar-refractivity contribution < 1.29 is 0 Å². The van der Waals surface area contributed by atoms with Crippen molar-refractivity contribution in [3.63, 3.8) is 0 Å². The zero-order valence-corrected chi connectivity index (χ0v) is 10.6. The topological polar surface area (TPSA) is 24.4 Å². The van der Waals surface area contributed by atoms with Crippen molar-refractivity contribution in [3.05, 3.63) is 0 Å². The molecule has 2 fully saturated rings. The highest BCUT2D eigenvalue weighted by molar-refractivity contribution is 8.13. The van der Waals surface area contributed by atoms with Gasteiger partial charge in [-0.2, -0.15) is 0 Å². The average molecular weight is 226 g/mol. The van der Waals surface area contributed by atoms with E-state index in [1.165, 1.54) is 43.0 Å². The molecule has 3 atom stereocenters. The zero-order chi connectivity index (χ0) is 10.7. The molecule has 0 spiro atoms. The third-order valence-corrected chi connectivity index (χ3v) is 4.56.